The number of benzene rings is 6. The summed E-state index contributed by atoms with van der Waals surface area (Å²) in [5, 5.41) is 0. The van der Waals surface area contributed by atoms with Crippen molar-refractivity contribution >= 4 is 18.1 Å². The number of aliphatic imine (C=N–C) groups is 2. The molecule has 0 unspecified atom stereocenters. The van der Waals surface area contributed by atoms with E-state index in [2.05, 4.69) is 173 Å². The van der Waals surface area contributed by atoms with Crippen molar-refractivity contribution in [3.8, 4) is 45.0 Å². The highest BCUT2D eigenvalue weighted by molar-refractivity contribution is 6.01. The summed E-state index contributed by atoms with van der Waals surface area (Å²) in [4.78, 5) is 24.2. The molecule has 5 heteroatoms. The van der Waals surface area contributed by atoms with Crippen molar-refractivity contribution < 1.29 is 0 Å². The number of nitrogens with zero attached hydrogens (tertiary/aromatic N) is 5. The third-order valence-corrected chi connectivity index (χ3v) is 12.1. The Morgan fingerprint density at radius 1 is 0.610 bits per heavy atom. The molecule has 0 fully saturated rings. The lowest BCUT2D eigenvalue weighted by Gasteiger charge is -2.37. The predicted octanol–water partition coefficient (Wildman–Crippen LogP) is 12.8. The van der Waals surface area contributed by atoms with Crippen LogP contribution in [-0.4, -0.2) is 27.5 Å². The highest BCUT2D eigenvalue weighted by Gasteiger charge is 2.35. The maximum absolute atomic E-state index is 5.06. The lowest BCUT2D eigenvalue weighted by Crippen LogP contribution is -2.28. The molecular formula is C54H47N5. The third kappa shape index (κ3) is 7.29. The molecule has 0 amide bonds. The van der Waals surface area contributed by atoms with Crippen LogP contribution in [0.4, 0.5) is 0 Å². The van der Waals surface area contributed by atoms with Crippen molar-refractivity contribution in [2.24, 2.45) is 9.98 Å². The molecular weight excluding hydrogens is 719 g/mol. The molecule has 7 aromatic rings. The maximum Gasteiger partial charge on any atom is 0.164 e. The van der Waals surface area contributed by atoms with Crippen molar-refractivity contribution in [2.75, 3.05) is 0 Å². The summed E-state index contributed by atoms with van der Waals surface area (Å²) >= 11 is 0. The van der Waals surface area contributed by atoms with Crippen LogP contribution in [0.5, 0.6) is 0 Å². The number of hydrogen-bond donors (Lipinski definition) is 0. The first-order chi connectivity index (χ1) is 28.8. The van der Waals surface area contributed by atoms with E-state index in [9.17, 15) is 0 Å². The molecule has 1 aromatic heterocycles. The minimum absolute atomic E-state index is 0.188. The van der Waals surface area contributed by atoms with Gasteiger partial charge in [-0.25, -0.2) is 19.9 Å². The number of aromatic nitrogens is 3. The Labute approximate surface area is 347 Å². The van der Waals surface area contributed by atoms with E-state index in [0.29, 0.717) is 24.0 Å². The van der Waals surface area contributed by atoms with Gasteiger partial charge in [0.15, 0.2) is 23.3 Å². The van der Waals surface area contributed by atoms with Gasteiger partial charge in [0.25, 0.3) is 0 Å². The van der Waals surface area contributed by atoms with Crippen molar-refractivity contribution in [2.45, 2.75) is 58.9 Å². The Balaban J connectivity index is 1.05. The molecule has 2 aliphatic carbocycles. The van der Waals surface area contributed by atoms with Crippen LogP contribution in [-0.2, 0) is 18.4 Å². The Kier molecular flexibility index (Phi) is 10.1. The number of aryl methyl sites for hydroxylation is 1. The molecule has 9 rings (SSSR count). The number of fused-ring (bicyclic) bond motifs is 2. The molecule has 0 bridgehead atoms. The topological polar surface area (TPSA) is 63.4 Å². The largest absolute Gasteiger partial charge is 0.261 e. The molecule has 1 heterocycles. The molecule has 5 nitrogen and oxygen atoms in total. The molecule has 6 aromatic carbocycles. The number of rotatable bonds is 8. The summed E-state index contributed by atoms with van der Waals surface area (Å²) in [6, 6.07) is 49.5. The van der Waals surface area contributed by atoms with Crippen LogP contribution in [0.3, 0.4) is 0 Å². The van der Waals surface area contributed by atoms with Crippen LogP contribution >= 0.6 is 0 Å². The molecule has 0 radical (unpaired) electrons. The molecule has 0 atom stereocenters. The van der Waals surface area contributed by atoms with Crippen LogP contribution in [0.15, 0.2) is 167 Å². The molecule has 0 saturated heterocycles. The van der Waals surface area contributed by atoms with Gasteiger partial charge in [-0.05, 0) is 95.5 Å². The van der Waals surface area contributed by atoms with Crippen molar-refractivity contribution in [1.82, 2.24) is 15.0 Å². The molecule has 288 valence electrons. The van der Waals surface area contributed by atoms with E-state index in [0.717, 1.165) is 47.4 Å². The predicted molar refractivity (Wildman–Crippen MR) is 245 cm³/mol. The highest BCUT2D eigenvalue weighted by atomic mass is 15.0. The molecule has 0 spiro atoms. The molecule has 0 aliphatic heterocycles. The van der Waals surface area contributed by atoms with Gasteiger partial charge in [0, 0.05) is 27.7 Å². The Morgan fingerprint density at radius 3 is 1.78 bits per heavy atom. The van der Waals surface area contributed by atoms with E-state index in [1.807, 2.05) is 18.2 Å². The van der Waals surface area contributed by atoms with Gasteiger partial charge in [0.2, 0.25) is 0 Å². The van der Waals surface area contributed by atoms with Gasteiger partial charge in [-0.15, -0.1) is 0 Å². The fourth-order valence-corrected chi connectivity index (χ4v) is 8.75. The van der Waals surface area contributed by atoms with E-state index in [1.54, 1.807) is 0 Å². The van der Waals surface area contributed by atoms with Gasteiger partial charge in [0.05, 0.1) is 6.54 Å². The minimum atomic E-state index is -0.188. The van der Waals surface area contributed by atoms with E-state index in [-0.39, 0.29) is 5.41 Å². The van der Waals surface area contributed by atoms with E-state index >= 15 is 0 Å². The Morgan fingerprint density at radius 2 is 1.17 bits per heavy atom. The van der Waals surface area contributed by atoms with Crippen molar-refractivity contribution in [3.63, 3.8) is 0 Å². The van der Waals surface area contributed by atoms with Crippen LogP contribution in [0.25, 0.3) is 50.6 Å². The average Bonchev–Trinajstić information content (AvgIpc) is 3.27. The molecule has 2 aliphatic rings. The van der Waals surface area contributed by atoms with Gasteiger partial charge in [0.1, 0.15) is 0 Å². The van der Waals surface area contributed by atoms with E-state index in [1.165, 1.54) is 61.2 Å². The summed E-state index contributed by atoms with van der Waals surface area (Å²) in [6.45, 7) is 13.4. The van der Waals surface area contributed by atoms with Crippen molar-refractivity contribution in [1.29, 1.82) is 0 Å². The molecule has 59 heavy (non-hydrogen) atoms. The Hall–Kier alpha value is -6.85. The van der Waals surface area contributed by atoms with Gasteiger partial charge in [-0.3, -0.25) is 4.99 Å². The zero-order valence-corrected chi connectivity index (χ0v) is 34.2. The van der Waals surface area contributed by atoms with Gasteiger partial charge >= 0.3 is 0 Å². The second kappa shape index (κ2) is 15.8. The number of hydrogen-bond acceptors (Lipinski definition) is 4. The second-order valence-electron chi connectivity index (χ2n) is 16.2. The third-order valence-electron chi connectivity index (χ3n) is 12.1. The zero-order chi connectivity index (χ0) is 40.5. The van der Waals surface area contributed by atoms with Gasteiger partial charge in [-0.2, -0.15) is 0 Å². The second-order valence-corrected chi connectivity index (χ2v) is 16.2. The first-order valence-corrected chi connectivity index (χ1v) is 20.5. The van der Waals surface area contributed by atoms with Gasteiger partial charge < -0.3 is 0 Å². The van der Waals surface area contributed by atoms with Crippen LogP contribution in [0, 0.1) is 6.92 Å². The quantitative estimate of drug-likeness (QED) is 0.114. The lowest BCUT2D eigenvalue weighted by molar-refractivity contribution is 0.612. The molecule has 0 N–H and O–H groups in total. The summed E-state index contributed by atoms with van der Waals surface area (Å²) in [6.07, 6.45) is 7.26. The normalized spacial score (nSPS) is 14.5. The summed E-state index contributed by atoms with van der Waals surface area (Å²) < 4.78 is 0. The number of amidine groups is 1. The first kappa shape index (κ1) is 37.7. The highest BCUT2D eigenvalue weighted by Crippen LogP contribution is 2.47. The summed E-state index contributed by atoms with van der Waals surface area (Å²) in [5.41, 5.74) is 17.8. The number of allylic oxidation sites excluding steroid dienone is 4. The van der Waals surface area contributed by atoms with Crippen LogP contribution in [0.1, 0.15) is 78.4 Å². The summed E-state index contributed by atoms with van der Waals surface area (Å²) in [7, 11) is 0. The fourth-order valence-electron chi connectivity index (χ4n) is 8.75. The van der Waals surface area contributed by atoms with Crippen LogP contribution < -0.4 is 0 Å². The minimum Gasteiger partial charge on any atom is -0.261 e. The Bertz CT molecular complexity index is 2810. The fraction of sp³-hybridized carbons (Fsp3) is 0.167. The smallest absolute Gasteiger partial charge is 0.164 e. The SMILES string of the molecule is C=NC(=NCc1ccccc1C)c1ccc(-c2cccc3c2Cc2c(-c4ccc(-c5nc(C6=C(C)CCC=C6)nc(-c6ccccc6)n5)cc4)cccc2C3(C)C)cc1. The van der Waals surface area contributed by atoms with E-state index in [4.69, 9.17) is 19.9 Å². The van der Waals surface area contributed by atoms with Gasteiger partial charge in [-0.1, -0.05) is 171 Å². The van der Waals surface area contributed by atoms with Crippen molar-refractivity contribution in [3.05, 3.63) is 202 Å². The standard InChI is InChI=1S/C54H47N5/c1-35-15-9-11-19-42(35)34-56-50(55-5)40-29-25-37(26-30-40)44-21-13-23-48-46(44)33-47-45(22-14-24-49(47)54(48,3)4)38-27-31-41(32-28-38)52-57-51(39-17-7-6-8-18-39)58-53(59-52)43-20-12-10-16-36(43)2/h6-9,11-15,17-32H,5,10,16,33-34H2,1-4H3. The van der Waals surface area contributed by atoms with E-state index < -0.39 is 0 Å². The summed E-state index contributed by atoms with van der Waals surface area (Å²) in [5.74, 6) is 2.73. The average molecular weight is 766 g/mol. The zero-order valence-electron chi connectivity index (χ0n) is 34.2. The maximum atomic E-state index is 5.06. The molecule has 0 saturated carbocycles. The van der Waals surface area contributed by atoms with Crippen LogP contribution in [0.2, 0.25) is 0 Å². The first-order valence-electron chi connectivity index (χ1n) is 20.5. The lowest BCUT2D eigenvalue weighted by atomic mass is 9.66. The monoisotopic (exact) mass is 765 g/mol.